The van der Waals surface area contributed by atoms with E-state index in [9.17, 15) is 4.79 Å². The smallest absolute Gasteiger partial charge is 0.253 e. The predicted molar refractivity (Wildman–Crippen MR) is 71.8 cm³/mol. The van der Waals surface area contributed by atoms with Crippen molar-refractivity contribution in [3.8, 4) is 0 Å². The molecule has 1 unspecified atom stereocenters. The van der Waals surface area contributed by atoms with Crippen molar-refractivity contribution in [2.75, 3.05) is 19.6 Å². The van der Waals surface area contributed by atoms with Gasteiger partial charge in [0.1, 0.15) is 0 Å². The van der Waals surface area contributed by atoms with Crippen LogP contribution in [0.4, 0.5) is 0 Å². The van der Waals surface area contributed by atoms with Gasteiger partial charge in [-0.25, -0.2) is 0 Å². The summed E-state index contributed by atoms with van der Waals surface area (Å²) in [5.74, 6) is 0.719. The van der Waals surface area contributed by atoms with Crippen LogP contribution in [0, 0.1) is 5.92 Å². The van der Waals surface area contributed by atoms with Gasteiger partial charge in [0.05, 0.1) is 0 Å². The monoisotopic (exact) mass is 296 g/mol. The highest BCUT2D eigenvalue weighted by Crippen LogP contribution is 2.21. The lowest BCUT2D eigenvalue weighted by atomic mass is 10.1. The van der Waals surface area contributed by atoms with Crippen molar-refractivity contribution in [3.05, 3.63) is 34.3 Å². The van der Waals surface area contributed by atoms with Crippen LogP contribution >= 0.6 is 15.9 Å². The van der Waals surface area contributed by atoms with Crippen molar-refractivity contribution >= 4 is 21.8 Å². The third-order valence-electron chi connectivity index (χ3n) is 3.24. The number of rotatable bonds is 3. The molecule has 1 aromatic rings. The van der Waals surface area contributed by atoms with Crippen LogP contribution in [-0.2, 0) is 0 Å². The molecule has 2 N–H and O–H groups in total. The molecule has 3 nitrogen and oxygen atoms in total. The van der Waals surface area contributed by atoms with Gasteiger partial charge in [-0.05, 0) is 49.6 Å². The van der Waals surface area contributed by atoms with E-state index in [2.05, 4.69) is 15.9 Å². The molecule has 0 radical (unpaired) electrons. The molecule has 0 bridgehead atoms. The largest absolute Gasteiger partial charge is 0.338 e. The van der Waals surface area contributed by atoms with Gasteiger partial charge in [-0.3, -0.25) is 4.79 Å². The van der Waals surface area contributed by atoms with Crippen LogP contribution in [-0.4, -0.2) is 30.4 Å². The molecule has 0 aromatic heterocycles. The Hall–Kier alpha value is -0.870. The highest BCUT2D eigenvalue weighted by atomic mass is 79.9. The van der Waals surface area contributed by atoms with Crippen LogP contribution in [0.2, 0.25) is 0 Å². The molecule has 17 heavy (non-hydrogen) atoms. The van der Waals surface area contributed by atoms with Crippen LogP contribution in [0.5, 0.6) is 0 Å². The summed E-state index contributed by atoms with van der Waals surface area (Å²) < 4.78 is 0.997. The molecule has 0 aliphatic carbocycles. The minimum Gasteiger partial charge on any atom is -0.338 e. The molecular formula is C13H17BrN2O. The minimum atomic E-state index is 0.136. The fourth-order valence-electron chi connectivity index (χ4n) is 2.26. The van der Waals surface area contributed by atoms with Gasteiger partial charge in [-0.2, -0.15) is 0 Å². The second-order valence-corrected chi connectivity index (χ2v) is 5.41. The van der Waals surface area contributed by atoms with E-state index in [-0.39, 0.29) is 5.91 Å². The fraction of sp³-hybridized carbons (Fsp3) is 0.462. The number of carbonyl (C=O) groups is 1. The van der Waals surface area contributed by atoms with Crippen molar-refractivity contribution in [2.45, 2.75) is 12.8 Å². The van der Waals surface area contributed by atoms with E-state index in [0.29, 0.717) is 12.5 Å². The first kappa shape index (κ1) is 12.6. The lowest BCUT2D eigenvalue weighted by Crippen LogP contribution is -2.28. The number of halogens is 1. The Balaban J connectivity index is 1.99. The second-order valence-electron chi connectivity index (χ2n) is 4.49. The van der Waals surface area contributed by atoms with E-state index in [4.69, 9.17) is 5.73 Å². The SMILES string of the molecule is NCCC1CCN(C(=O)c2ccc(Br)cc2)C1. The summed E-state index contributed by atoms with van der Waals surface area (Å²) in [6, 6.07) is 7.53. The standard InChI is InChI=1S/C13H17BrN2O/c14-12-3-1-11(2-4-12)13(17)16-8-6-10(9-16)5-7-15/h1-4,10H,5-9,15H2. The second kappa shape index (κ2) is 5.65. The number of nitrogens with zero attached hydrogens (tertiary/aromatic N) is 1. The molecule has 1 aliphatic rings. The molecule has 1 saturated heterocycles. The van der Waals surface area contributed by atoms with Crippen LogP contribution in [0.15, 0.2) is 28.7 Å². The molecular weight excluding hydrogens is 280 g/mol. The van der Waals surface area contributed by atoms with Gasteiger partial charge in [0.25, 0.3) is 5.91 Å². The summed E-state index contributed by atoms with van der Waals surface area (Å²) >= 11 is 3.37. The van der Waals surface area contributed by atoms with Gasteiger partial charge in [-0.1, -0.05) is 15.9 Å². The average molecular weight is 297 g/mol. The number of hydrogen-bond acceptors (Lipinski definition) is 2. The van der Waals surface area contributed by atoms with Crippen LogP contribution < -0.4 is 5.73 Å². The molecule has 1 aliphatic heterocycles. The van der Waals surface area contributed by atoms with Crippen molar-refractivity contribution in [2.24, 2.45) is 11.7 Å². The van der Waals surface area contributed by atoms with E-state index in [1.54, 1.807) is 0 Å². The summed E-state index contributed by atoms with van der Waals surface area (Å²) in [6.07, 6.45) is 2.10. The fourth-order valence-corrected chi connectivity index (χ4v) is 2.53. The Bertz CT molecular complexity index is 391. The number of hydrogen-bond donors (Lipinski definition) is 1. The van der Waals surface area contributed by atoms with Gasteiger partial charge >= 0.3 is 0 Å². The molecule has 92 valence electrons. The molecule has 1 atom stereocenters. The Labute approximate surface area is 110 Å². The first-order valence-corrected chi connectivity index (χ1v) is 6.75. The number of likely N-dealkylation sites (tertiary alicyclic amines) is 1. The maximum atomic E-state index is 12.2. The van der Waals surface area contributed by atoms with E-state index in [1.807, 2.05) is 29.2 Å². The molecule has 1 fully saturated rings. The van der Waals surface area contributed by atoms with Crippen molar-refractivity contribution in [3.63, 3.8) is 0 Å². The maximum Gasteiger partial charge on any atom is 0.253 e. The molecule has 2 rings (SSSR count). The van der Waals surface area contributed by atoms with E-state index < -0.39 is 0 Å². The summed E-state index contributed by atoms with van der Waals surface area (Å²) in [6.45, 7) is 2.43. The maximum absolute atomic E-state index is 12.2. The first-order chi connectivity index (χ1) is 8.20. The Morgan fingerprint density at radius 3 is 2.76 bits per heavy atom. The third-order valence-corrected chi connectivity index (χ3v) is 3.77. The topological polar surface area (TPSA) is 46.3 Å². The van der Waals surface area contributed by atoms with Gasteiger partial charge in [0.2, 0.25) is 0 Å². The summed E-state index contributed by atoms with van der Waals surface area (Å²) in [5, 5.41) is 0. The van der Waals surface area contributed by atoms with Crippen molar-refractivity contribution in [1.82, 2.24) is 4.90 Å². The molecule has 1 heterocycles. The van der Waals surface area contributed by atoms with E-state index >= 15 is 0 Å². The molecule has 1 aromatic carbocycles. The van der Waals surface area contributed by atoms with Gasteiger partial charge in [-0.15, -0.1) is 0 Å². The molecule has 0 spiro atoms. The van der Waals surface area contributed by atoms with Gasteiger partial charge in [0.15, 0.2) is 0 Å². The van der Waals surface area contributed by atoms with E-state index in [1.165, 1.54) is 0 Å². The number of amides is 1. The Kier molecular flexibility index (Phi) is 4.18. The van der Waals surface area contributed by atoms with Crippen molar-refractivity contribution in [1.29, 1.82) is 0 Å². The summed E-state index contributed by atoms with van der Waals surface area (Å²) in [5.41, 5.74) is 6.31. The summed E-state index contributed by atoms with van der Waals surface area (Å²) in [4.78, 5) is 14.1. The third kappa shape index (κ3) is 3.07. The van der Waals surface area contributed by atoms with Crippen LogP contribution in [0.3, 0.4) is 0 Å². The number of carbonyl (C=O) groups excluding carboxylic acids is 1. The van der Waals surface area contributed by atoms with Crippen molar-refractivity contribution < 1.29 is 4.79 Å². The predicted octanol–water partition coefficient (Wildman–Crippen LogP) is 2.26. The zero-order chi connectivity index (χ0) is 12.3. The van der Waals surface area contributed by atoms with Gasteiger partial charge < -0.3 is 10.6 Å². The number of benzene rings is 1. The molecule has 0 saturated carbocycles. The number of nitrogens with two attached hydrogens (primary N) is 1. The van der Waals surface area contributed by atoms with Crippen LogP contribution in [0.25, 0.3) is 0 Å². The lowest BCUT2D eigenvalue weighted by Gasteiger charge is -2.16. The molecule has 4 heteroatoms. The van der Waals surface area contributed by atoms with E-state index in [0.717, 1.165) is 36.0 Å². The van der Waals surface area contributed by atoms with Crippen LogP contribution in [0.1, 0.15) is 23.2 Å². The zero-order valence-electron chi connectivity index (χ0n) is 9.73. The summed E-state index contributed by atoms with van der Waals surface area (Å²) in [7, 11) is 0. The highest BCUT2D eigenvalue weighted by molar-refractivity contribution is 9.10. The average Bonchev–Trinajstić information content (AvgIpc) is 2.78. The van der Waals surface area contributed by atoms with Gasteiger partial charge in [0, 0.05) is 23.1 Å². The quantitative estimate of drug-likeness (QED) is 0.930. The lowest BCUT2D eigenvalue weighted by molar-refractivity contribution is 0.0786. The normalized spacial score (nSPS) is 19.6. The highest BCUT2D eigenvalue weighted by Gasteiger charge is 2.26. The first-order valence-electron chi connectivity index (χ1n) is 5.95. The minimum absolute atomic E-state index is 0.136. The molecule has 1 amide bonds. The zero-order valence-corrected chi connectivity index (χ0v) is 11.3. The Morgan fingerprint density at radius 1 is 1.41 bits per heavy atom. The Morgan fingerprint density at radius 2 is 2.12 bits per heavy atom.